The van der Waals surface area contributed by atoms with Gasteiger partial charge < -0.3 is 25.4 Å². The van der Waals surface area contributed by atoms with Gasteiger partial charge in [-0.15, -0.1) is 10.2 Å². The molecule has 6 heterocycles. The number of hydrogen-bond acceptors (Lipinski definition) is 12. The number of ether oxygens (including phenoxy) is 1. The summed E-state index contributed by atoms with van der Waals surface area (Å²) in [5.74, 6) is 2.28. The number of carboxylic acids is 1. The highest BCUT2D eigenvalue weighted by Crippen LogP contribution is 2.63. The Hall–Kier alpha value is -4.50. The number of pyridine rings is 1. The van der Waals surface area contributed by atoms with Crippen molar-refractivity contribution >= 4 is 50.1 Å². The maximum absolute atomic E-state index is 12.9. The number of nitrogens with one attached hydrogen (secondary N) is 2. The molecular formula is C42H50N10O3S. The average molecular weight is 775 g/mol. The van der Waals surface area contributed by atoms with Crippen LogP contribution < -0.4 is 15.5 Å². The Labute approximate surface area is 330 Å². The van der Waals surface area contributed by atoms with E-state index in [1.54, 1.807) is 11.3 Å². The Morgan fingerprint density at radius 2 is 1.84 bits per heavy atom. The van der Waals surface area contributed by atoms with E-state index < -0.39 is 5.97 Å². The van der Waals surface area contributed by atoms with E-state index in [0.717, 1.165) is 103 Å². The summed E-state index contributed by atoms with van der Waals surface area (Å²) in [6.45, 7) is 11.8. The molecule has 292 valence electrons. The Kier molecular flexibility index (Phi) is 9.07. The zero-order valence-electron chi connectivity index (χ0n) is 32.3. The number of aromatic nitrogens is 6. The maximum Gasteiger partial charge on any atom is 0.355 e. The summed E-state index contributed by atoms with van der Waals surface area (Å²) in [5.41, 5.74) is 5.53. The number of benzene rings is 1. The summed E-state index contributed by atoms with van der Waals surface area (Å²) in [6, 6.07) is 11.9. The second kappa shape index (κ2) is 14.2. The molecule has 4 aliphatic carbocycles. The summed E-state index contributed by atoms with van der Waals surface area (Å²) >= 11 is 1.58. The fraction of sp³-hybridized carbons (Fsp3) is 0.524. The second-order valence-electron chi connectivity index (χ2n) is 17.1. The van der Waals surface area contributed by atoms with Gasteiger partial charge in [-0.3, -0.25) is 9.58 Å². The first-order chi connectivity index (χ1) is 27.2. The van der Waals surface area contributed by atoms with E-state index in [9.17, 15) is 9.90 Å². The third-order valence-electron chi connectivity index (χ3n) is 13.3. The molecule has 5 aromatic rings. The number of rotatable bonds is 11. The SMILES string of the molecule is Cc1c(Nc2nc3ccccc3s2)nnc2c1CCCN2c1ccc(-c2cnn(CC34CC5CC(C3)CC(OCCN3CCNCC3)(C5)C4)c2C)c(C(=O)O)n1. The number of piperazine rings is 1. The second-order valence-corrected chi connectivity index (χ2v) is 18.1. The number of para-hydroxylation sites is 1. The molecule has 11 rings (SSSR count). The van der Waals surface area contributed by atoms with Crippen molar-refractivity contribution in [3.05, 3.63) is 65.1 Å². The fourth-order valence-corrected chi connectivity index (χ4v) is 12.0. The molecule has 6 aliphatic rings. The van der Waals surface area contributed by atoms with Crippen molar-refractivity contribution in [2.75, 3.05) is 56.1 Å². The third-order valence-corrected chi connectivity index (χ3v) is 14.2. The lowest BCUT2D eigenvalue weighted by molar-refractivity contribution is -0.198. The quantitative estimate of drug-likeness (QED) is 0.131. The van der Waals surface area contributed by atoms with Crippen LogP contribution >= 0.6 is 11.3 Å². The van der Waals surface area contributed by atoms with Gasteiger partial charge in [0.25, 0.3) is 0 Å². The molecule has 4 aromatic heterocycles. The van der Waals surface area contributed by atoms with E-state index in [1.807, 2.05) is 41.4 Å². The van der Waals surface area contributed by atoms with Crippen LogP contribution in [0.5, 0.6) is 0 Å². The first-order valence-corrected chi connectivity index (χ1v) is 21.2. The zero-order chi connectivity index (χ0) is 38.0. The molecule has 0 spiro atoms. The first kappa shape index (κ1) is 35.9. The van der Waals surface area contributed by atoms with Crippen LogP contribution in [0.25, 0.3) is 21.3 Å². The van der Waals surface area contributed by atoms with Gasteiger partial charge in [0, 0.05) is 73.8 Å². The summed E-state index contributed by atoms with van der Waals surface area (Å²) in [5, 5.41) is 32.3. The van der Waals surface area contributed by atoms with E-state index in [2.05, 4.69) is 50.3 Å². The lowest BCUT2D eigenvalue weighted by Crippen LogP contribution is -2.58. The monoisotopic (exact) mass is 774 g/mol. The predicted molar refractivity (Wildman–Crippen MR) is 217 cm³/mol. The molecular weight excluding hydrogens is 725 g/mol. The summed E-state index contributed by atoms with van der Waals surface area (Å²) in [6.07, 6.45) is 10.8. The number of nitrogens with zero attached hydrogens (tertiary/aromatic N) is 8. The minimum Gasteiger partial charge on any atom is -0.476 e. The average Bonchev–Trinajstić information content (AvgIpc) is 3.77. The van der Waals surface area contributed by atoms with Crippen LogP contribution in [-0.2, 0) is 17.7 Å². The highest BCUT2D eigenvalue weighted by Gasteiger charge is 2.58. The molecule has 5 fully saturated rings. The number of anilines is 4. The standard InChI is InChI=1S/C42H50N10O3S/c1-26-30-6-5-13-51(38(30)49-48-37(26)47-40-45-33-7-3-4-8-34(33)56-40)35-10-9-31(36(46-35)39(53)54)32-23-44-52(27(32)2)25-41-19-28-18-29(20-41)22-42(21-28,24-41)55-17-16-50-14-11-43-12-15-50/h3-4,7-10,23,28-29,43H,5-6,11-22,24-25H2,1-2H3,(H,53,54)(H,45,47,48). The van der Waals surface area contributed by atoms with E-state index in [0.29, 0.717) is 41.4 Å². The van der Waals surface area contributed by atoms with E-state index in [4.69, 9.17) is 19.8 Å². The number of carboxylic acid groups (broad SMARTS) is 1. The number of aromatic carboxylic acids is 1. The van der Waals surface area contributed by atoms with Crippen molar-refractivity contribution in [1.82, 2.24) is 40.2 Å². The number of fused-ring (bicyclic) bond motifs is 2. The van der Waals surface area contributed by atoms with Crippen molar-refractivity contribution in [1.29, 1.82) is 0 Å². The number of carbonyl (C=O) groups is 1. The minimum atomic E-state index is -1.06. The molecule has 2 unspecified atom stereocenters. The highest BCUT2D eigenvalue weighted by molar-refractivity contribution is 7.22. The lowest BCUT2D eigenvalue weighted by atomic mass is 9.48. The van der Waals surface area contributed by atoms with Crippen LogP contribution in [0.15, 0.2) is 42.6 Å². The Bertz CT molecular complexity index is 2250. The van der Waals surface area contributed by atoms with Crippen LogP contribution in [0.1, 0.15) is 72.3 Å². The van der Waals surface area contributed by atoms with Gasteiger partial charge in [0.2, 0.25) is 0 Å². The molecule has 2 atom stereocenters. The van der Waals surface area contributed by atoms with Crippen LogP contribution in [0.2, 0.25) is 0 Å². The lowest BCUT2D eigenvalue weighted by Gasteiger charge is -2.61. The normalized spacial score (nSPS) is 25.9. The molecule has 3 N–H and O–H groups in total. The van der Waals surface area contributed by atoms with Gasteiger partial charge in [-0.25, -0.2) is 14.8 Å². The van der Waals surface area contributed by atoms with Gasteiger partial charge in [0.15, 0.2) is 22.5 Å². The van der Waals surface area contributed by atoms with Crippen molar-refractivity contribution < 1.29 is 14.6 Å². The third kappa shape index (κ3) is 6.53. The molecule has 0 radical (unpaired) electrons. The topological polar surface area (TPSA) is 146 Å². The van der Waals surface area contributed by atoms with Crippen LogP contribution in [0.4, 0.5) is 22.6 Å². The van der Waals surface area contributed by atoms with Gasteiger partial charge in [0.05, 0.1) is 28.6 Å². The van der Waals surface area contributed by atoms with Gasteiger partial charge in [-0.1, -0.05) is 23.5 Å². The molecule has 0 amide bonds. The predicted octanol–water partition coefficient (Wildman–Crippen LogP) is 6.75. The summed E-state index contributed by atoms with van der Waals surface area (Å²) in [7, 11) is 0. The molecule has 1 aromatic carbocycles. The molecule has 4 bridgehead atoms. The Morgan fingerprint density at radius 1 is 1.02 bits per heavy atom. The summed E-state index contributed by atoms with van der Waals surface area (Å²) in [4.78, 5) is 26.9. The Balaban J connectivity index is 0.881. The van der Waals surface area contributed by atoms with Gasteiger partial charge in [-0.05, 0) is 107 Å². The molecule has 2 aliphatic heterocycles. The number of thiazole rings is 1. The van der Waals surface area contributed by atoms with E-state index in [1.165, 1.54) is 32.1 Å². The van der Waals surface area contributed by atoms with Crippen molar-refractivity contribution in [2.24, 2.45) is 17.3 Å². The minimum absolute atomic E-state index is 0.0164. The van der Waals surface area contributed by atoms with E-state index in [-0.39, 0.29) is 16.7 Å². The van der Waals surface area contributed by atoms with Crippen LogP contribution in [0, 0.1) is 31.1 Å². The van der Waals surface area contributed by atoms with E-state index >= 15 is 0 Å². The van der Waals surface area contributed by atoms with Crippen molar-refractivity contribution in [3.8, 4) is 11.1 Å². The van der Waals surface area contributed by atoms with Crippen LogP contribution in [-0.4, -0.2) is 97.4 Å². The Morgan fingerprint density at radius 3 is 2.64 bits per heavy atom. The molecule has 56 heavy (non-hydrogen) atoms. The highest BCUT2D eigenvalue weighted by atomic mass is 32.1. The van der Waals surface area contributed by atoms with Crippen LogP contribution in [0.3, 0.4) is 0 Å². The number of hydrogen-bond donors (Lipinski definition) is 3. The molecule has 1 saturated heterocycles. The van der Waals surface area contributed by atoms with Gasteiger partial charge >= 0.3 is 5.97 Å². The maximum atomic E-state index is 12.9. The smallest absolute Gasteiger partial charge is 0.355 e. The molecule has 13 nitrogen and oxygen atoms in total. The fourth-order valence-electron chi connectivity index (χ4n) is 11.2. The first-order valence-electron chi connectivity index (χ1n) is 20.3. The summed E-state index contributed by atoms with van der Waals surface area (Å²) < 4.78 is 10.1. The van der Waals surface area contributed by atoms with Gasteiger partial charge in [-0.2, -0.15) is 5.10 Å². The van der Waals surface area contributed by atoms with Crippen molar-refractivity contribution in [3.63, 3.8) is 0 Å². The van der Waals surface area contributed by atoms with Gasteiger partial charge in [0.1, 0.15) is 5.82 Å². The largest absolute Gasteiger partial charge is 0.476 e. The molecule has 4 saturated carbocycles. The zero-order valence-corrected chi connectivity index (χ0v) is 33.1. The van der Waals surface area contributed by atoms with Crippen molar-refractivity contribution in [2.45, 2.75) is 77.4 Å². The molecule has 14 heteroatoms.